The van der Waals surface area contributed by atoms with Gasteiger partial charge in [-0.1, -0.05) is 0 Å². The van der Waals surface area contributed by atoms with Crippen molar-refractivity contribution in [2.45, 2.75) is 18.8 Å². The van der Waals surface area contributed by atoms with Crippen molar-refractivity contribution in [2.24, 2.45) is 5.84 Å². The van der Waals surface area contributed by atoms with Crippen LogP contribution in [0.3, 0.4) is 0 Å². The lowest BCUT2D eigenvalue weighted by molar-refractivity contribution is 0.895. The van der Waals surface area contributed by atoms with Gasteiger partial charge in [0, 0.05) is 5.92 Å². The lowest BCUT2D eigenvalue weighted by atomic mass is 10.4. The summed E-state index contributed by atoms with van der Waals surface area (Å²) >= 11 is 0. The van der Waals surface area contributed by atoms with Crippen LogP contribution in [0.4, 0.5) is 11.9 Å². The Balaban J connectivity index is 2.34. The summed E-state index contributed by atoms with van der Waals surface area (Å²) in [6, 6.07) is 0. The molecule has 0 bridgehead atoms. The van der Waals surface area contributed by atoms with Crippen molar-refractivity contribution in [2.75, 3.05) is 11.2 Å². The predicted octanol–water partition coefficient (Wildman–Crippen LogP) is -0.383. The lowest BCUT2D eigenvalue weighted by Crippen LogP contribution is -2.13. The van der Waals surface area contributed by atoms with Gasteiger partial charge in [-0.2, -0.15) is 15.0 Å². The molecule has 5 N–H and O–H groups in total. The van der Waals surface area contributed by atoms with E-state index in [-0.39, 0.29) is 5.95 Å². The van der Waals surface area contributed by atoms with Crippen LogP contribution in [0.25, 0.3) is 0 Å². The third-order valence-electron chi connectivity index (χ3n) is 1.74. The summed E-state index contributed by atoms with van der Waals surface area (Å²) < 4.78 is 0. The average Bonchev–Trinajstić information content (AvgIpc) is 2.85. The number of aromatic nitrogens is 3. The van der Waals surface area contributed by atoms with Gasteiger partial charge in [-0.3, -0.25) is 5.43 Å². The smallest absolute Gasteiger partial charge is 0.242 e. The van der Waals surface area contributed by atoms with Crippen LogP contribution in [-0.4, -0.2) is 15.0 Å². The van der Waals surface area contributed by atoms with Crippen molar-refractivity contribution in [1.82, 2.24) is 15.0 Å². The van der Waals surface area contributed by atoms with E-state index in [2.05, 4.69) is 20.4 Å². The third kappa shape index (κ3) is 1.28. The highest BCUT2D eigenvalue weighted by molar-refractivity contribution is 5.31. The molecule has 1 fully saturated rings. The van der Waals surface area contributed by atoms with Crippen LogP contribution in [-0.2, 0) is 0 Å². The van der Waals surface area contributed by atoms with E-state index in [9.17, 15) is 0 Å². The Morgan fingerprint density at radius 2 is 2.00 bits per heavy atom. The molecule has 6 nitrogen and oxygen atoms in total. The molecule has 64 valence electrons. The molecule has 6 heteroatoms. The molecule has 0 amide bonds. The van der Waals surface area contributed by atoms with Crippen molar-refractivity contribution in [1.29, 1.82) is 0 Å². The first-order valence-electron chi connectivity index (χ1n) is 3.77. The fourth-order valence-corrected chi connectivity index (χ4v) is 0.998. The topological polar surface area (TPSA) is 103 Å². The molecule has 0 radical (unpaired) electrons. The van der Waals surface area contributed by atoms with Crippen LogP contribution < -0.4 is 17.0 Å². The van der Waals surface area contributed by atoms with Gasteiger partial charge in [-0.05, 0) is 12.8 Å². The number of nitrogens with two attached hydrogens (primary N) is 2. The van der Waals surface area contributed by atoms with Crippen molar-refractivity contribution < 1.29 is 0 Å². The zero-order valence-corrected chi connectivity index (χ0v) is 6.49. The van der Waals surface area contributed by atoms with Crippen molar-refractivity contribution in [3.63, 3.8) is 0 Å². The van der Waals surface area contributed by atoms with Gasteiger partial charge in [-0.25, -0.2) is 5.84 Å². The zero-order chi connectivity index (χ0) is 8.55. The average molecular weight is 166 g/mol. The number of nitrogens with one attached hydrogen (secondary N) is 1. The van der Waals surface area contributed by atoms with Crippen LogP contribution in [0.2, 0.25) is 0 Å². The van der Waals surface area contributed by atoms with Gasteiger partial charge >= 0.3 is 0 Å². The second kappa shape index (κ2) is 2.56. The first-order valence-corrected chi connectivity index (χ1v) is 3.77. The van der Waals surface area contributed by atoms with E-state index in [0.29, 0.717) is 11.9 Å². The molecule has 1 saturated carbocycles. The van der Waals surface area contributed by atoms with Crippen LogP contribution in [0, 0.1) is 0 Å². The molecule has 0 aromatic carbocycles. The van der Waals surface area contributed by atoms with E-state index < -0.39 is 0 Å². The first-order chi connectivity index (χ1) is 5.79. The highest BCUT2D eigenvalue weighted by Gasteiger charge is 2.27. The summed E-state index contributed by atoms with van der Waals surface area (Å²) in [4.78, 5) is 11.9. The van der Waals surface area contributed by atoms with Crippen LogP contribution in [0.1, 0.15) is 24.6 Å². The van der Waals surface area contributed by atoms with Crippen LogP contribution in [0.15, 0.2) is 0 Å². The lowest BCUT2D eigenvalue weighted by Gasteiger charge is -2.01. The first kappa shape index (κ1) is 7.23. The Kier molecular flexibility index (Phi) is 1.54. The summed E-state index contributed by atoms with van der Waals surface area (Å²) in [5, 5.41) is 0. The SMILES string of the molecule is NNc1nc(N)nc(C2CC2)n1. The monoisotopic (exact) mass is 166 g/mol. The van der Waals surface area contributed by atoms with Crippen molar-refractivity contribution in [3.05, 3.63) is 5.82 Å². The number of nitrogen functional groups attached to an aromatic ring is 2. The van der Waals surface area contributed by atoms with Gasteiger partial charge in [0.25, 0.3) is 0 Å². The van der Waals surface area contributed by atoms with Gasteiger partial charge in [0.15, 0.2) is 0 Å². The number of hydrazine groups is 1. The molecule has 0 atom stereocenters. The van der Waals surface area contributed by atoms with E-state index in [1.54, 1.807) is 0 Å². The minimum Gasteiger partial charge on any atom is -0.368 e. The molecule has 1 aromatic rings. The number of anilines is 2. The van der Waals surface area contributed by atoms with Crippen LogP contribution in [0.5, 0.6) is 0 Å². The summed E-state index contributed by atoms with van der Waals surface area (Å²) in [5.74, 6) is 6.92. The maximum Gasteiger partial charge on any atom is 0.242 e. The summed E-state index contributed by atoms with van der Waals surface area (Å²) in [7, 11) is 0. The Bertz CT molecular complexity index is 294. The second-order valence-corrected chi connectivity index (χ2v) is 2.79. The molecular formula is C6H10N6. The minimum atomic E-state index is 0.222. The number of rotatable bonds is 2. The number of hydrogen-bond donors (Lipinski definition) is 3. The molecule has 0 spiro atoms. The number of nitrogens with zero attached hydrogens (tertiary/aromatic N) is 3. The predicted molar refractivity (Wildman–Crippen MR) is 44.0 cm³/mol. The van der Waals surface area contributed by atoms with E-state index in [0.717, 1.165) is 18.7 Å². The third-order valence-corrected chi connectivity index (χ3v) is 1.74. The van der Waals surface area contributed by atoms with Gasteiger partial charge < -0.3 is 5.73 Å². The standard InChI is InChI=1S/C6H10N6/c7-5-9-4(3-1-2-3)10-6(11-5)12-8/h3H,1-2,8H2,(H3,7,9,10,11,12). The van der Waals surface area contributed by atoms with E-state index >= 15 is 0 Å². The van der Waals surface area contributed by atoms with Crippen molar-refractivity contribution in [3.8, 4) is 0 Å². The maximum absolute atomic E-state index is 5.44. The normalized spacial score (nSPS) is 16.1. The maximum atomic E-state index is 5.44. The van der Waals surface area contributed by atoms with E-state index in [1.807, 2.05) is 0 Å². The second-order valence-electron chi connectivity index (χ2n) is 2.79. The number of hydrogen-bond acceptors (Lipinski definition) is 6. The van der Waals surface area contributed by atoms with Gasteiger partial charge in [0.05, 0.1) is 0 Å². The van der Waals surface area contributed by atoms with Crippen LogP contribution >= 0.6 is 0 Å². The fourth-order valence-electron chi connectivity index (χ4n) is 0.998. The quantitative estimate of drug-likeness (QED) is 0.408. The molecule has 0 aliphatic heterocycles. The summed E-state index contributed by atoms with van der Waals surface area (Å²) in [6.07, 6.45) is 2.26. The Hall–Kier alpha value is -1.43. The highest BCUT2D eigenvalue weighted by atomic mass is 15.3. The molecular weight excluding hydrogens is 156 g/mol. The Morgan fingerprint density at radius 1 is 1.25 bits per heavy atom. The molecule has 1 aliphatic rings. The van der Waals surface area contributed by atoms with Crippen molar-refractivity contribution >= 4 is 11.9 Å². The van der Waals surface area contributed by atoms with Gasteiger partial charge in [0.1, 0.15) is 5.82 Å². The van der Waals surface area contributed by atoms with E-state index in [4.69, 9.17) is 11.6 Å². The fraction of sp³-hybridized carbons (Fsp3) is 0.500. The Labute approximate surface area is 69.4 Å². The molecule has 1 aliphatic carbocycles. The van der Waals surface area contributed by atoms with Gasteiger partial charge in [-0.15, -0.1) is 0 Å². The zero-order valence-electron chi connectivity index (χ0n) is 6.49. The largest absolute Gasteiger partial charge is 0.368 e. The molecule has 0 saturated heterocycles. The molecule has 2 rings (SSSR count). The Morgan fingerprint density at radius 3 is 2.58 bits per heavy atom. The molecule has 1 heterocycles. The summed E-state index contributed by atoms with van der Waals surface area (Å²) in [6.45, 7) is 0. The minimum absolute atomic E-state index is 0.222. The molecule has 0 unspecified atom stereocenters. The molecule has 12 heavy (non-hydrogen) atoms. The summed E-state index contributed by atoms with van der Waals surface area (Å²) in [5.41, 5.74) is 7.79. The van der Waals surface area contributed by atoms with E-state index in [1.165, 1.54) is 0 Å². The van der Waals surface area contributed by atoms with Gasteiger partial charge in [0.2, 0.25) is 11.9 Å². The molecule has 1 aromatic heterocycles. The highest BCUT2D eigenvalue weighted by Crippen LogP contribution is 2.38.